The summed E-state index contributed by atoms with van der Waals surface area (Å²) in [6, 6.07) is 7.38. The second kappa shape index (κ2) is 7.88. The Morgan fingerprint density at radius 2 is 1.95 bits per heavy atom. The molecule has 5 nitrogen and oxygen atoms in total. The first-order valence-corrected chi connectivity index (χ1v) is 7.50. The minimum atomic E-state index is -0.163. The predicted octanol–water partition coefficient (Wildman–Crippen LogP) is 1.67. The van der Waals surface area contributed by atoms with Crippen molar-refractivity contribution < 1.29 is 14.3 Å². The highest BCUT2D eigenvalue weighted by atomic mass is 16.5. The topological polar surface area (TPSA) is 50.8 Å². The normalized spacial score (nSPS) is 15.8. The second-order valence-electron chi connectivity index (χ2n) is 5.21. The highest BCUT2D eigenvalue weighted by molar-refractivity contribution is 5.81. The molecule has 1 aliphatic heterocycles. The average Bonchev–Trinajstić information content (AvgIpc) is 3.05. The maximum Gasteiger partial charge on any atom is 0.239 e. The second-order valence-corrected chi connectivity index (χ2v) is 5.21. The van der Waals surface area contributed by atoms with Crippen molar-refractivity contribution >= 4 is 5.91 Å². The lowest BCUT2D eigenvalue weighted by Crippen LogP contribution is -2.44. The van der Waals surface area contributed by atoms with Crippen LogP contribution in [0.1, 0.15) is 19.8 Å². The number of nitrogens with zero attached hydrogens (tertiary/aromatic N) is 1. The largest absolute Gasteiger partial charge is 0.493 e. The molecule has 1 atom stereocenters. The van der Waals surface area contributed by atoms with Crippen LogP contribution in [0.5, 0.6) is 11.5 Å². The third-order valence-electron chi connectivity index (χ3n) is 3.67. The first kappa shape index (κ1) is 15.6. The fourth-order valence-electron chi connectivity index (χ4n) is 2.47. The fourth-order valence-corrected chi connectivity index (χ4v) is 2.47. The molecule has 0 bridgehead atoms. The summed E-state index contributed by atoms with van der Waals surface area (Å²) in [5.74, 6) is 1.63. The lowest BCUT2D eigenvalue weighted by atomic mass is 10.3. The van der Waals surface area contributed by atoms with Crippen molar-refractivity contribution in [3.63, 3.8) is 0 Å². The van der Waals surface area contributed by atoms with Crippen LogP contribution in [0.2, 0.25) is 0 Å². The quantitative estimate of drug-likeness (QED) is 0.777. The molecule has 1 saturated heterocycles. The van der Waals surface area contributed by atoms with Gasteiger partial charge in [-0.05, 0) is 31.9 Å². The van der Waals surface area contributed by atoms with Crippen molar-refractivity contribution in [1.82, 2.24) is 10.2 Å². The number of methoxy groups -OCH3 is 1. The molecule has 1 amide bonds. The molecule has 1 aromatic carbocycles. The van der Waals surface area contributed by atoms with Gasteiger partial charge in [-0.25, -0.2) is 0 Å². The van der Waals surface area contributed by atoms with E-state index in [0.717, 1.165) is 37.4 Å². The number of nitrogens with one attached hydrogen (secondary N) is 1. The molecule has 1 fully saturated rings. The van der Waals surface area contributed by atoms with Gasteiger partial charge in [-0.15, -0.1) is 0 Å². The Morgan fingerprint density at radius 1 is 1.29 bits per heavy atom. The summed E-state index contributed by atoms with van der Waals surface area (Å²) in [5.41, 5.74) is 0. The SMILES string of the molecule is COc1ccccc1OCCNC(C)C(=O)N1CCCC1. The summed E-state index contributed by atoms with van der Waals surface area (Å²) in [4.78, 5) is 14.0. The van der Waals surface area contributed by atoms with E-state index < -0.39 is 0 Å². The summed E-state index contributed by atoms with van der Waals surface area (Å²) >= 11 is 0. The molecule has 1 heterocycles. The Balaban J connectivity index is 1.70. The molecule has 116 valence electrons. The third-order valence-corrected chi connectivity index (χ3v) is 3.67. The van der Waals surface area contributed by atoms with E-state index in [1.165, 1.54) is 0 Å². The number of carbonyl (C=O) groups excluding carboxylic acids is 1. The van der Waals surface area contributed by atoms with E-state index in [1.807, 2.05) is 36.1 Å². The van der Waals surface area contributed by atoms with Crippen molar-refractivity contribution in [3.8, 4) is 11.5 Å². The molecule has 2 rings (SSSR count). The molecule has 1 aromatic rings. The molecular formula is C16H24N2O3. The number of likely N-dealkylation sites (tertiary alicyclic amines) is 1. The van der Waals surface area contributed by atoms with Crippen LogP contribution in [-0.2, 0) is 4.79 Å². The van der Waals surface area contributed by atoms with Crippen LogP contribution >= 0.6 is 0 Å². The smallest absolute Gasteiger partial charge is 0.239 e. The molecule has 0 saturated carbocycles. The van der Waals surface area contributed by atoms with Crippen LogP contribution in [0.15, 0.2) is 24.3 Å². The van der Waals surface area contributed by atoms with Gasteiger partial charge in [0.15, 0.2) is 11.5 Å². The third kappa shape index (κ3) is 4.36. The van der Waals surface area contributed by atoms with Crippen molar-refractivity contribution in [2.45, 2.75) is 25.8 Å². The van der Waals surface area contributed by atoms with Crippen LogP contribution in [-0.4, -0.2) is 50.2 Å². The molecule has 0 radical (unpaired) electrons. The van der Waals surface area contributed by atoms with E-state index in [9.17, 15) is 4.79 Å². The standard InChI is InChI=1S/C16H24N2O3/c1-13(16(19)18-10-5-6-11-18)17-9-12-21-15-8-4-3-7-14(15)20-2/h3-4,7-8,13,17H,5-6,9-12H2,1-2H3. The van der Waals surface area contributed by atoms with E-state index in [0.29, 0.717) is 13.2 Å². The van der Waals surface area contributed by atoms with E-state index in [-0.39, 0.29) is 11.9 Å². The maximum atomic E-state index is 12.1. The number of carbonyl (C=O) groups is 1. The predicted molar refractivity (Wildman–Crippen MR) is 81.8 cm³/mol. The van der Waals surface area contributed by atoms with Crippen molar-refractivity contribution in [2.24, 2.45) is 0 Å². The lowest BCUT2D eigenvalue weighted by molar-refractivity contribution is -0.131. The van der Waals surface area contributed by atoms with Gasteiger partial charge in [-0.2, -0.15) is 0 Å². The summed E-state index contributed by atoms with van der Waals surface area (Å²) in [5, 5.41) is 3.21. The Hall–Kier alpha value is -1.75. The molecule has 21 heavy (non-hydrogen) atoms. The number of hydrogen-bond donors (Lipinski definition) is 1. The summed E-state index contributed by atoms with van der Waals surface area (Å²) in [6.45, 7) is 4.81. The summed E-state index contributed by atoms with van der Waals surface area (Å²) in [6.07, 6.45) is 2.24. The van der Waals surface area contributed by atoms with Gasteiger partial charge in [0, 0.05) is 19.6 Å². The number of ether oxygens (including phenoxy) is 2. The number of hydrogen-bond acceptors (Lipinski definition) is 4. The van der Waals surface area contributed by atoms with Crippen LogP contribution in [0.4, 0.5) is 0 Å². The van der Waals surface area contributed by atoms with Gasteiger partial charge in [0.1, 0.15) is 6.61 Å². The number of amides is 1. The van der Waals surface area contributed by atoms with Gasteiger partial charge in [-0.3, -0.25) is 4.79 Å². The van der Waals surface area contributed by atoms with Gasteiger partial charge < -0.3 is 19.7 Å². The van der Waals surface area contributed by atoms with Gasteiger partial charge in [0.05, 0.1) is 13.2 Å². The molecule has 1 aliphatic rings. The highest BCUT2D eigenvalue weighted by Crippen LogP contribution is 2.25. The van der Waals surface area contributed by atoms with E-state index >= 15 is 0 Å². The average molecular weight is 292 g/mol. The molecule has 0 aromatic heterocycles. The Labute approximate surface area is 126 Å². The van der Waals surface area contributed by atoms with Gasteiger partial charge >= 0.3 is 0 Å². The van der Waals surface area contributed by atoms with Gasteiger partial charge in [0.2, 0.25) is 5.91 Å². The fraction of sp³-hybridized carbons (Fsp3) is 0.562. The first-order valence-electron chi connectivity index (χ1n) is 7.50. The number of para-hydroxylation sites is 2. The Bertz CT molecular complexity index is 459. The summed E-state index contributed by atoms with van der Waals surface area (Å²) < 4.78 is 10.9. The van der Waals surface area contributed by atoms with E-state index in [4.69, 9.17) is 9.47 Å². The zero-order valence-corrected chi connectivity index (χ0v) is 12.8. The molecule has 0 spiro atoms. The van der Waals surface area contributed by atoms with Gasteiger partial charge in [0.25, 0.3) is 0 Å². The minimum absolute atomic E-state index is 0.163. The van der Waals surface area contributed by atoms with Crippen LogP contribution < -0.4 is 14.8 Å². The van der Waals surface area contributed by atoms with E-state index in [2.05, 4.69) is 5.32 Å². The minimum Gasteiger partial charge on any atom is -0.493 e. The zero-order chi connectivity index (χ0) is 15.1. The maximum absolute atomic E-state index is 12.1. The summed E-state index contributed by atoms with van der Waals surface area (Å²) in [7, 11) is 1.62. The Morgan fingerprint density at radius 3 is 2.62 bits per heavy atom. The molecule has 1 unspecified atom stereocenters. The van der Waals surface area contributed by atoms with Crippen LogP contribution in [0.3, 0.4) is 0 Å². The van der Waals surface area contributed by atoms with Crippen molar-refractivity contribution in [3.05, 3.63) is 24.3 Å². The Kier molecular flexibility index (Phi) is 5.87. The van der Waals surface area contributed by atoms with Crippen LogP contribution in [0, 0.1) is 0 Å². The highest BCUT2D eigenvalue weighted by Gasteiger charge is 2.22. The zero-order valence-electron chi connectivity index (χ0n) is 12.8. The monoisotopic (exact) mass is 292 g/mol. The molecule has 0 aliphatic carbocycles. The number of benzene rings is 1. The lowest BCUT2D eigenvalue weighted by Gasteiger charge is -2.21. The molecular weight excluding hydrogens is 268 g/mol. The van der Waals surface area contributed by atoms with Gasteiger partial charge in [-0.1, -0.05) is 12.1 Å². The molecule has 1 N–H and O–H groups in total. The van der Waals surface area contributed by atoms with Crippen LogP contribution in [0.25, 0.3) is 0 Å². The molecule has 5 heteroatoms. The van der Waals surface area contributed by atoms with Crippen molar-refractivity contribution in [1.29, 1.82) is 0 Å². The van der Waals surface area contributed by atoms with E-state index in [1.54, 1.807) is 7.11 Å². The van der Waals surface area contributed by atoms with Crippen molar-refractivity contribution in [2.75, 3.05) is 33.4 Å². The number of rotatable bonds is 7. The first-order chi connectivity index (χ1) is 10.2.